The van der Waals surface area contributed by atoms with E-state index in [2.05, 4.69) is 10.1 Å². The summed E-state index contributed by atoms with van der Waals surface area (Å²) >= 11 is 5.99. The van der Waals surface area contributed by atoms with Gasteiger partial charge in [-0.1, -0.05) is 28.9 Å². The van der Waals surface area contributed by atoms with E-state index >= 15 is 0 Å². The number of halogens is 1. The van der Waals surface area contributed by atoms with Crippen molar-refractivity contribution in [2.24, 2.45) is 0 Å². The monoisotopic (exact) mass is 342 g/mol. The number of nitrogens with zero attached hydrogens (tertiary/aromatic N) is 2. The fourth-order valence-electron chi connectivity index (χ4n) is 2.45. The number of sulfone groups is 1. The first kappa shape index (κ1) is 15.3. The Hall–Kier alpha value is -1.60. The molecule has 1 atom stereocenters. The van der Waals surface area contributed by atoms with Crippen molar-refractivity contribution in [1.29, 1.82) is 0 Å². The van der Waals surface area contributed by atoms with Gasteiger partial charge in [-0.25, -0.2) is 8.42 Å². The van der Waals surface area contributed by atoms with Crippen LogP contribution >= 0.6 is 11.6 Å². The van der Waals surface area contributed by atoms with Crippen molar-refractivity contribution >= 4 is 21.4 Å². The van der Waals surface area contributed by atoms with E-state index in [0.29, 0.717) is 29.4 Å². The Bertz CT molecular complexity index is 790. The number of ether oxygens (including phenoxy) is 1. The van der Waals surface area contributed by atoms with Crippen LogP contribution in [0.25, 0.3) is 0 Å². The molecule has 0 spiro atoms. The molecule has 0 amide bonds. The summed E-state index contributed by atoms with van der Waals surface area (Å²) in [5, 5.41) is 4.28. The normalized spacial score (nSPS) is 23.5. The maximum absolute atomic E-state index is 12.1. The van der Waals surface area contributed by atoms with Gasteiger partial charge in [0.2, 0.25) is 11.7 Å². The zero-order valence-electron chi connectivity index (χ0n) is 12.0. The molecule has 0 N–H and O–H groups in total. The molecule has 6 nitrogen and oxygen atoms in total. The summed E-state index contributed by atoms with van der Waals surface area (Å²) in [4.78, 5) is 4.18. The lowest BCUT2D eigenvalue weighted by Crippen LogP contribution is -2.28. The first-order valence-corrected chi connectivity index (χ1v) is 8.88. The smallest absolute Gasteiger partial charge is 0.247 e. The topological polar surface area (TPSA) is 82.3 Å². The van der Waals surface area contributed by atoms with Gasteiger partial charge in [-0.2, -0.15) is 4.98 Å². The standard InChI is InChI=1S/C14H15ClN2O4S/c1-14(7-4-8-22(14,18)19)13-16-12(17-21-13)9-20-11-6-3-2-5-10(11)15/h2-3,5-6H,4,7-9H2,1H3. The third-order valence-corrected chi connectivity index (χ3v) is 6.76. The van der Waals surface area contributed by atoms with Crippen LogP contribution in [-0.4, -0.2) is 24.3 Å². The molecule has 1 aromatic carbocycles. The Balaban J connectivity index is 1.76. The van der Waals surface area contributed by atoms with Crippen LogP contribution in [0.4, 0.5) is 0 Å². The number of benzene rings is 1. The quantitative estimate of drug-likeness (QED) is 0.849. The molecule has 0 radical (unpaired) electrons. The van der Waals surface area contributed by atoms with Gasteiger partial charge in [0.05, 0.1) is 10.8 Å². The fourth-order valence-corrected chi connectivity index (χ4v) is 4.42. The molecule has 118 valence electrons. The first-order chi connectivity index (χ1) is 10.4. The summed E-state index contributed by atoms with van der Waals surface area (Å²) in [6.07, 6.45) is 1.09. The molecule has 1 aromatic heterocycles. The van der Waals surface area contributed by atoms with Crippen LogP contribution in [0, 0.1) is 0 Å². The van der Waals surface area contributed by atoms with Gasteiger partial charge in [0.25, 0.3) is 0 Å². The van der Waals surface area contributed by atoms with Crippen LogP contribution < -0.4 is 4.74 Å². The molecule has 8 heteroatoms. The van der Waals surface area contributed by atoms with E-state index in [0.717, 1.165) is 0 Å². The zero-order chi connectivity index (χ0) is 15.8. The summed E-state index contributed by atoms with van der Waals surface area (Å²) in [6, 6.07) is 7.04. The minimum atomic E-state index is -3.26. The number of rotatable bonds is 4. The Morgan fingerprint density at radius 3 is 2.86 bits per heavy atom. The van der Waals surface area contributed by atoms with Crippen molar-refractivity contribution in [3.8, 4) is 5.75 Å². The fraction of sp³-hybridized carbons (Fsp3) is 0.429. The lowest BCUT2D eigenvalue weighted by molar-refractivity contribution is 0.282. The van der Waals surface area contributed by atoms with Gasteiger partial charge < -0.3 is 9.26 Å². The summed E-state index contributed by atoms with van der Waals surface area (Å²) in [5.41, 5.74) is 0. The molecule has 0 saturated carbocycles. The molecule has 1 fully saturated rings. The molecular weight excluding hydrogens is 328 g/mol. The van der Waals surface area contributed by atoms with Gasteiger partial charge in [-0.05, 0) is 31.9 Å². The lowest BCUT2D eigenvalue weighted by Gasteiger charge is -2.16. The van der Waals surface area contributed by atoms with Crippen LogP contribution in [-0.2, 0) is 21.2 Å². The molecule has 2 heterocycles. The molecule has 22 heavy (non-hydrogen) atoms. The van der Waals surface area contributed by atoms with E-state index in [9.17, 15) is 8.42 Å². The first-order valence-electron chi connectivity index (χ1n) is 6.85. The zero-order valence-corrected chi connectivity index (χ0v) is 13.5. The minimum Gasteiger partial charge on any atom is -0.484 e. The van der Waals surface area contributed by atoms with Crippen molar-refractivity contribution in [2.45, 2.75) is 31.1 Å². The van der Waals surface area contributed by atoms with E-state index in [1.165, 1.54) is 0 Å². The van der Waals surface area contributed by atoms with Crippen molar-refractivity contribution in [1.82, 2.24) is 10.1 Å². The second kappa shape index (κ2) is 5.55. The SMILES string of the molecule is CC1(c2nc(COc3ccccc3Cl)no2)CCCS1(=O)=O. The van der Waals surface area contributed by atoms with Crippen molar-refractivity contribution in [2.75, 3.05) is 5.75 Å². The highest BCUT2D eigenvalue weighted by Crippen LogP contribution is 2.40. The summed E-state index contributed by atoms with van der Waals surface area (Å²) in [7, 11) is -3.26. The summed E-state index contributed by atoms with van der Waals surface area (Å²) in [6.45, 7) is 1.69. The van der Waals surface area contributed by atoms with E-state index < -0.39 is 14.6 Å². The van der Waals surface area contributed by atoms with E-state index in [4.69, 9.17) is 20.9 Å². The second-order valence-corrected chi connectivity index (χ2v) is 8.33. The molecule has 1 aliphatic rings. The van der Waals surface area contributed by atoms with Gasteiger partial charge in [0, 0.05) is 0 Å². The average molecular weight is 343 g/mol. The molecule has 3 rings (SSSR count). The van der Waals surface area contributed by atoms with Gasteiger partial charge in [0.15, 0.2) is 16.4 Å². The van der Waals surface area contributed by atoms with Gasteiger partial charge in [0.1, 0.15) is 10.5 Å². The number of aromatic nitrogens is 2. The van der Waals surface area contributed by atoms with Gasteiger partial charge in [-0.3, -0.25) is 0 Å². The molecular formula is C14H15ClN2O4S. The molecule has 0 aliphatic carbocycles. The summed E-state index contributed by atoms with van der Waals surface area (Å²) in [5.74, 6) is 1.08. The van der Waals surface area contributed by atoms with Crippen molar-refractivity contribution in [3.63, 3.8) is 0 Å². The predicted octanol–water partition coefficient (Wildman–Crippen LogP) is 2.73. The van der Waals surface area contributed by atoms with Crippen molar-refractivity contribution < 1.29 is 17.7 Å². The summed E-state index contributed by atoms with van der Waals surface area (Å²) < 4.78 is 33.9. The van der Waals surface area contributed by atoms with E-state index in [1.807, 2.05) is 0 Å². The molecule has 1 saturated heterocycles. The Labute approximate surface area is 133 Å². The molecule has 2 aromatic rings. The predicted molar refractivity (Wildman–Crippen MR) is 80.5 cm³/mol. The third-order valence-electron chi connectivity index (χ3n) is 3.87. The Kier molecular flexibility index (Phi) is 3.86. The number of para-hydroxylation sites is 1. The van der Waals surface area contributed by atoms with E-state index in [1.54, 1.807) is 31.2 Å². The highest BCUT2D eigenvalue weighted by atomic mass is 35.5. The molecule has 1 aliphatic heterocycles. The average Bonchev–Trinajstić information content (AvgIpc) is 3.04. The lowest BCUT2D eigenvalue weighted by atomic mass is 10.1. The van der Waals surface area contributed by atoms with Crippen LogP contribution in [0.3, 0.4) is 0 Å². The van der Waals surface area contributed by atoms with Crippen LogP contribution in [0.1, 0.15) is 31.5 Å². The van der Waals surface area contributed by atoms with Gasteiger partial charge >= 0.3 is 0 Å². The maximum atomic E-state index is 12.1. The Morgan fingerprint density at radius 1 is 1.41 bits per heavy atom. The Morgan fingerprint density at radius 2 is 2.18 bits per heavy atom. The highest BCUT2D eigenvalue weighted by Gasteiger charge is 2.49. The van der Waals surface area contributed by atoms with Crippen molar-refractivity contribution in [3.05, 3.63) is 41.0 Å². The van der Waals surface area contributed by atoms with Crippen LogP contribution in [0.5, 0.6) is 5.75 Å². The minimum absolute atomic E-state index is 0.0589. The maximum Gasteiger partial charge on any atom is 0.247 e. The van der Waals surface area contributed by atoms with Crippen LogP contribution in [0.15, 0.2) is 28.8 Å². The van der Waals surface area contributed by atoms with E-state index in [-0.39, 0.29) is 18.3 Å². The van der Waals surface area contributed by atoms with Gasteiger partial charge in [-0.15, -0.1) is 0 Å². The second-order valence-electron chi connectivity index (χ2n) is 5.39. The largest absolute Gasteiger partial charge is 0.484 e. The molecule has 0 bridgehead atoms. The van der Waals surface area contributed by atoms with Crippen LogP contribution in [0.2, 0.25) is 5.02 Å². The number of hydrogen-bond acceptors (Lipinski definition) is 6. The highest BCUT2D eigenvalue weighted by molar-refractivity contribution is 7.92. The molecule has 1 unspecified atom stereocenters. The number of hydrogen-bond donors (Lipinski definition) is 0. The third kappa shape index (κ3) is 2.59.